The highest BCUT2D eigenvalue weighted by molar-refractivity contribution is 5.85. The van der Waals surface area contributed by atoms with Gasteiger partial charge < -0.3 is 10.2 Å². The Bertz CT molecular complexity index is 248. The lowest BCUT2D eigenvalue weighted by Crippen LogP contribution is -2.43. The Kier molecular flexibility index (Phi) is 7.02. The highest BCUT2D eigenvalue weighted by atomic mass is 35.5. The maximum Gasteiger partial charge on any atom is 0.222 e. The maximum atomic E-state index is 12.1. The van der Waals surface area contributed by atoms with Crippen molar-refractivity contribution in [3.05, 3.63) is 0 Å². The smallest absolute Gasteiger partial charge is 0.222 e. The zero-order valence-electron chi connectivity index (χ0n) is 11.5. The standard InChI is InChI=1S/C14H26N2O.ClH/c1-16(13-8-10-15-11-9-13)14(17)7-6-12-4-2-3-5-12;/h12-13,15H,2-11H2,1H3;1H. The highest BCUT2D eigenvalue weighted by Gasteiger charge is 2.23. The summed E-state index contributed by atoms with van der Waals surface area (Å²) in [5.41, 5.74) is 0. The van der Waals surface area contributed by atoms with Gasteiger partial charge in [-0.3, -0.25) is 4.79 Å². The molecular weight excluding hydrogens is 248 g/mol. The highest BCUT2D eigenvalue weighted by Crippen LogP contribution is 2.28. The second kappa shape index (κ2) is 8.00. The topological polar surface area (TPSA) is 32.3 Å². The van der Waals surface area contributed by atoms with E-state index in [2.05, 4.69) is 5.32 Å². The lowest BCUT2D eigenvalue weighted by Gasteiger charge is -2.32. The summed E-state index contributed by atoms with van der Waals surface area (Å²) in [5, 5.41) is 3.35. The van der Waals surface area contributed by atoms with Crippen LogP contribution in [0.25, 0.3) is 0 Å². The summed E-state index contributed by atoms with van der Waals surface area (Å²) in [6.07, 6.45) is 9.58. The summed E-state index contributed by atoms with van der Waals surface area (Å²) in [6.45, 7) is 2.12. The number of hydrogen-bond acceptors (Lipinski definition) is 2. The van der Waals surface area contributed by atoms with Crippen LogP contribution in [0, 0.1) is 5.92 Å². The molecule has 0 aromatic rings. The summed E-state index contributed by atoms with van der Waals surface area (Å²) < 4.78 is 0. The first-order valence-electron chi connectivity index (χ1n) is 7.24. The Labute approximate surface area is 117 Å². The molecular formula is C14H27ClN2O. The molecule has 2 fully saturated rings. The lowest BCUT2D eigenvalue weighted by atomic mass is 10.00. The van der Waals surface area contributed by atoms with Crippen LogP contribution in [0.3, 0.4) is 0 Å². The predicted octanol–water partition coefficient (Wildman–Crippen LogP) is 2.59. The molecule has 4 heteroatoms. The first-order chi connectivity index (χ1) is 8.27. The Morgan fingerprint density at radius 2 is 1.78 bits per heavy atom. The zero-order valence-corrected chi connectivity index (χ0v) is 12.3. The first-order valence-corrected chi connectivity index (χ1v) is 7.24. The van der Waals surface area contributed by atoms with Gasteiger partial charge in [-0.1, -0.05) is 25.7 Å². The fourth-order valence-electron chi connectivity index (χ4n) is 3.20. The number of nitrogens with zero attached hydrogens (tertiary/aromatic N) is 1. The van der Waals surface area contributed by atoms with Gasteiger partial charge in [0.25, 0.3) is 0 Å². The molecule has 0 spiro atoms. The SMILES string of the molecule is CN(C(=O)CCC1CCCC1)C1CCNCC1.Cl. The summed E-state index contributed by atoms with van der Waals surface area (Å²) >= 11 is 0. The molecule has 0 radical (unpaired) electrons. The van der Waals surface area contributed by atoms with Crippen molar-refractivity contribution in [3.8, 4) is 0 Å². The van der Waals surface area contributed by atoms with Gasteiger partial charge in [0.2, 0.25) is 5.91 Å². The summed E-state index contributed by atoms with van der Waals surface area (Å²) in [4.78, 5) is 14.1. The molecule has 0 aromatic carbocycles. The monoisotopic (exact) mass is 274 g/mol. The molecule has 106 valence electrons. The molecule has 18 heavy (non-hydrogen) atoms. The molecule has 0 unspecified atom stereocenters. The van der Waals surface area contributed by atoms with E-state index in [9.17, 15) is 4.79 Å². The first kappa shape index (κ1) is 15.8. The minimum absolute atomic E-state index is 0. The molecule has 2 rings (SSSR count). The van der Waals surface area contributed by atoms with Crippen molar-refractivity contribution in [2.45, 2.75) is 57.4 Å². The van der Waals surface area contributed by atoms with Crippen LogP contribution < -0.4 is 5.32 Å². The Morgan fingerprint density at radius 1 is 1.17 bits per heavy atom. The van der Waals surface area contributed by atoms with E-state index in [0.717, 1.165) is 44.7 Å². The average molecular weight is 275 g/mol. The average Bonchev–Trinajstić information content (AvgIpc) is 2.89. The van der Waals surface area contributed by atoms with Crippen LogP contribution >= 0.6 is 12.4 Å². The van der Waals surface area contributed by atoms with E-state index >= 15 is 0 Å². The third-order valence-corrected chi connectivity index (χ3v) is 4.49. The summed E-state index contributed by atoms with van der Waals surface area (Å²) in [7, 11) is 1.99. The van der Waals surface area contributed by atoms with Crippen LogP contribution in [0.4, 0.5) is 0 Å². The van der Waals surface area contributed by atoms with Gasteiger partial charge in [0, 0.05) is 19.5 Å². The van der Waals surface area contributed by atoms with Gasteiger partial charge in [0.05, 0.1) is 0 Å². The third-order valence-electron chi connectivity index (χ3n) is 4.49. The number of halogens is 1. The van der Waals surface area contributed by atoms with Crippen molar-refractivity contribution in [3.63, 3.8) is 0 Å². The van der Waals surface area contributed by atoms with E-state index in [1.54, 1.807) is 0 Å². The molecule has 1 amide bonds. The molecule has 0 bridgehead atoms. The van der Waals surface area contributed by atoms with Gasteiger partial charge in [-0.05, 0) is 38.3 Å². The van der Waals surface area contributed by atoms with Gasteiger partial charge in [0.1, 0.15) is 0 Å². The Hall–Kier alpha value is -0.280. The van der Waals surface area contributed by atoms with Gasteiger partial charge in [0.15, 0.2) is 0 Å². The quantitative estimate of drug-likeness (QED) is 0.855. The molecule has 1 aliphatic carbocycles. The van der Waals surface area contributed by atoms with Crippen LogP contribution in [-0.2, 0) is 4.79 Å². The van der Waals surface area contributed by atoms with Crippen LogP contribution in [-0.4, -0.2) is 37.0 Å². The second-order valence-electron chi connectivity index (χ2n) is 5.67. The van der Waals surface area contributed by atoms with Crippen LogP contribution in [0.15, 0.2) is 0 Å². The van der Waals surface area contributed by atoms with Gasteiger partial charge >= 0.3 is 0 Å². The van der Waals surface area contributed by atoms with Crippen LogP contribution in [0.2, 0.25) is 0 Å². The molecule has 2 aliphatic rings. The molecule has 1 N–H and O–H groups in total. The molecule has 1 aliphatic heterocycles. The molecule has 1 heterocycles. The number of amides is 1. The van der Waals surface area contributed by atoms with Crippen LogP contribution in [0.1, 0.15) is 51.4 Å². The van der Waals surface area contributed by atoms with Crippen molar-refractivity contribution in [2.75, 3.05) is 20.1 Å². The fourth-order valence-corrected chi connectivity index (χ4v) is 3.20. The van der Waals surface area contributed by atoms with Crippen molar-refractivity contribution in [2.24, 2.45) is 5.92 Å². The van der Waals surface area contributed by atoms with E-state index in [0.29, 0.717) is 11.9 Å². The lowest BCUT2D eigenvalue weighted by molar-refractivity contribution is -0.132. The van der Waals surface area contributed by atoms with Gasteiger partial charge in [-0.25, -0.2) is 0 Å². The van der Waals surface area contributed by atoms with Gasteiger partial charge in [-0.15, -0.1) is 12.4 Å². The van der Waals surface area contributed by atoms with Crippen molar-refractivity contribution >= 4 is 18.3 Å². The van der Waals surface area contributed by atoms with E-state index in [4.69, 9.17) is 0 Å². The number of rotatable bonds is 4. The fraction of sp³-hybridized carbons (Fsp3) is 0.929. The van der Waals surface area contributed by atoms with Gasteiger partial charge in [-0.2, -0.15) is 0 Å². The largest absolute Gasteiger partial charge is 0.343 e. The Balaban J connectivity index is 0.00000162. The molecule has 0 aromatic heterocycles. The molecule has 0 atom stereocenters. The Morgan fingerprint density at radius 3 is 2.39 bits per heavy atom. The molecule has 1 saturated carbocycles. The number of piperidine rings is 1. The van der Waals surface area contributed by atoms with E-state index < -0.39 is 0 Å². The van der Waals surface area contributed by atoms with E-state index in [-0.39, 0.29) is 12.4 Å². The number of hydrogen-bond donors (Lipinski definition) is 1. The molecule has 3 nitrogen and oxygen atoms in total. The summed E-state index contributed by atoms with van der Waals surface area (Å²) in [6, 6.07) is 0.479. The normalized spacial score (nSPS) is 21.6. The minimum Gasteiger partial charge on any atom is -0.343 e. The maximum absolute atomic E-state index is 12.1. The van der Waals surface area contributed by atoms with Crippen molar-refractivity contribution < 1.29 is 4.79 Å². The van der Waals surface area contributed by atoms with Crippen LogP contribution in [0.5, 0.6) is 0 Å². The number of carbonyl (C=O) groups is 1. The zero-order chi connectivity index (χ0) is 12.1. The third kappa shape index (κ3) is 4.43. The van der Waals surface area contributed by atoms with Crippen molar-refractivity contribution in [1.82, 2.24) is 10.2 Å². The number of carbonyl (C=O) groups excluding carboxylic acids is 1. The van der Waals surface area contributed by atoms with E-state index in [1.165, 1.54) is 25.7 Å². The minimum atomic E-state index is 0. The van der Waals surface area contributed by atoms with E-state index in [1.807, 2.05) is 11.9 Å². The summed E-state index contributed by atoms with van der Waals surface area (Å²) in [5.74, 6) is 1.20. The second-order valence-corrected chi connectivity index (χ2v) is 5.67. The van der Waals surface area contributed by atoms with Crippen molar-refractivity contribution in [1.29, 1.82) is 0 Å². The number of nitrogens with one attached hydrogen (secondary N) is 1. The predicted molar refractivity (Wildman–Crippen MR) is 77.1 cm³/mol. The molecule has 1 saturated heterocycles.